The molecule has 0 spiro atoms. The van der Waals surface area contributed by atoms with Gasteiger partial charge in [-0.1, -0.05) is 0 Å². The summed E-state index contributed by atoms with van der Waals surface area (Å²) in [6.07, 6.45) is 0.662. The van der Waals surface area contributed by atoms with Gasteiger partial charge in [0.25, 0.3) is 0 Å². The number of anilines is 1. The normalized spacial score (nSPS) is 17.7. The van der Waals surface area contributed by atoms with Crippen LogP contribution < -0.4 is 9.04 Å². The van der Waals surface area contributed by atoms with Crippen molar-refractivity contribution < 1.29 is 13.2 Å². The Morgan fingerprint density at radius 3 is 2.59 bits per heavy atom. The minimum absolute atomic E-state index is 0.0125. The maximum atomic E-state index is 11.7. The molecule has 1 aliphatic heterocycles. The lowest BCUT2D eigenvalue weighted by molar-refractivity contribution is 0.368. The smallest absolute Gasteiger partial charge is 0.235 e. The summed E-state index contributed by atoms with van der Waals surface area (Å²) in [6.45, 7) is 0.516. The summed E-state index contributed by atoms with van der Waals surface area (Å²) in [4.78, 5) is 0. The summed E-state index contributed by atoms with van der Waals surface area (Å²) in [7, 11) is -3.13. The fraction of sp³-hybridized carbons (Fsp3) is 0.364. The molecule has 1 saturated heterocycles. The van der Waals surface area contributed by atoms with Crippen molar-refractivity contribution in [1.82, 2.24) is 0 Å². The van der Waals surface area contributed by atoms with E-state index in [9.17, 15) is 8.42 Å². The summed E-state index contributed by atoms with van der Waals surface area (Å²) in [6, 6.07) is 8.58. The quantitative estimate of drug-likeness (QED) is 0.808. The molecule has 0 saturated carbocycles. The van der Waals surface area contributed by atoms with Crippen molar-refractivity contribution in [2.24, 2.45) is 0 Å². The molecule has 6 heteroatoms. The number of sulfonamides is 1. The van der Waals surface area contributed by atoms with Gasteiger partial charge in [0.2, 0.25) is 10.0 Å². The monoisotopic (exact) mass is 252 g/mol. The van der Waals surface area contributed by atoms with Crippen LogP contribution in [0.15, 0.2) is 24.3 Å². The van der Waals surface area contributed by atoms with Gasteiger partial charge in [0.1, 0.15) is 11.8 Å². The van der Waals surface area contributed by atoms with E-state index in [0.29, 0.717) is 24.4 Å². The van der Waals surface area contributed by atoms with Crippen molar-refractivity contribution in [2.45, 2.75) is 6.42 Å². The SMILES string of the molecule is N#CCOc1ccc(N2CCCS2(=O)=O)cc1. The maximum Gasteiger partial charge on any atom is 0.235 e. The van der Waals surface area contributed by atoms with Crippen LogP contribution in [-0.2, 0) is 10.0 Å². The summed E-state index contributed by atoms with van der Waals surface area (Å²) >= 11 is 0. The molecule has 0 unspecified atom stereocenters. The number of nitriles is 1. The first-order chi connectivity index (χ1) is 8.13. The molecule has 1 aromatic carbocycles. The highest BCUT2D eigenvalue weighted by atomic mass is 32.2. The van der Waals surface area contributed by atoms with Crippen LogP contribution in [0.4, 0.5) is 5.69 Å². The Bertz CT molecular complexity index is 531. The lowest BCUT2D eigenvalue weighted by Crippen LogP contribution is -2.24. The number of nitrogens with zero attached hydrogens (tertiary/aromatic N) is 2. The molecule has 0 amide bonds. The largest absolute Gasteiger partial charge is 0.479 e. The first kappa shape index (κ1) is 11.7. The second-order valence-electron chi connectivity index (χ2n) is 3.68. The Kier molecular flexibility index (Phi) is 3.20. The molecule has 1 aliphatic rings. The Morgan fingerprint density at radius 1 is 1.35 bits per heavy atom. The Morgan fingerprint density at radius 2 is 2.06 bits per heavy atom. The molecular weight excluding hydrogens is 240 g/mol. The lowest BCUT2D eigenvalue weighted by atomic mass is 10.3. The molecule has 1 fully saturated rings. The lowest BCUT2D eigenvalue weighted by Gasteiger charge is -2.16. The fourth-order valence-corrected chi connectivity index (χ4v) is 3.32. The molecule has 0 aliphatic carbocycles. The van der Waals surface area contributed by atoms with Crippen LogP contribution in [0.5, 0.6) is 5.75 Å². The highest BCUT2D eigenvalue weighted by molar-refractivity contribution is 7.93. The predicted octanol–water partition coefficient (Wildman–Crippen LogP) is 1.13. The van der Waals surface area contributed by atoms with E-state index in [1.54, 1.807) is 24.3 Å². The molecular formula is C11H12N2O3S. The standard InChI is InChI=1S/C11H12N2O3S/c12-6-8-16-11-4-2-10(3-5-11)13-7-1-9-17(13,14)15/h2-5H,1,7-9H2. The van der Waals surface area contributed by atoms with Gasteiger partial charge in [-0.25, -0.2) is 8.42 Å². The van der Waals surface area contributed by atoms with E-state index < -0.39 is 10.0 Å². The molecule has 0 bridgehead atoms. The van der Waals surface area contributed by atoms with Crippen molar-refractivity contribution in [3.05, 3.63) is 24.3 Å². The average Bonchev–Trinajstić information content (AvgIpc) is 2.67. The van der Waals surface area contributed by atoms with Gasteiger partial charge >= 0.3 is 0 Å². The zero-order valence-corrected chi connectivity index (χ0v) is 9.98. The highest BCUT2D eigenvalue weighted by Gasteiger charge is 2.28. The van der Waals surface area contributed by atoms with Crippen molar-refractivity contribution in [3.8, 4) is 11.8 Å². The zero-order chi connectivity index (χ0) is 12.3. The van der Waals surface area contributed by atoms with Crippen molar-refractivity contribution >= 4 is 15.7 Å². The summed E-state index contributed by atoms with van der Waals surface area (Å²) in [5.41, 5.74) is 0.645. The van der Waals surface area contributed by atoms with Gasteiger partial charge in [0.15, 0.2) is 6.61 Å². The third-order valence-electron chi connectivity index (χ3n) is 2.53. The van der Waals surface area contributed by atoms with Crippen LogP contribution in [0.3, 0.4) is 0 Å². The molecule has 1 heterocycles. The minimum Gasteiger partial charge on any atom is -0.479 e. The van der Waals surface area contributed by atoms with Crippen molar-refractivity contribution in [3.63, 3.8) is 0 Å². The third kappa shape index (κ3) is 2.50. The molecule has 1 aromatic rings. The maximum absolute atomic E-state index is 11.7. The number of ether oxygens (including phenoxy) is 1. The van der Waals surface area contributed by atoms with Crippen LogP contribution >= 0.6 is 0 Å². The van der Waals surface area contributed by atoms with Gasteiger partial charge in [-0.3, -0.25) is 4.31 Å². The van der Waals surface area contributed by atoms with Gasteiger partial charge in [-0.2, -0.15) is 5.26 Å². The molecule has 2 rings (SSSR count). The molecule has 0 N–H and O–H groups in total. The van der Waals surface area contributed by atoms with Crippen LogP contribution in [-0.4, -0.2) is 27.3 Å². The van der Waals surface area contributed by atoms with Gasteiger partial charge in [-0.05, 0) is 30.7 Å². The summed E-state index contributed by atoms with van der Waals surface area (Å²) in [5.74, 6) is 0.770. The van der Waals surface area contributed by atoms with E-state index in [0.717, 1.165) is 0 Å². The molecule has 90 valence electrons. The first-order valence-corrected chi connectivity index (χ1v) is 6.84. The number of hydrogen-bond donors (Lipinski definition) is 0. The van der Waals surface area contributed by atoms with Gasteiger partial charge in [0.05, 0.1) is 11.4 Å². The van der Waals surface area contributed by atoms with E-state index >= 15 is 0 Å². The Labute approximate surface area is 100 Å². The summed E-state index contributed by atoms with van der Waals surface area (Å²) < 4.78 is 29.8. The predicted molar refractivity (Wildman–Crippen MR) is 63.3 cm³/mol. The molecule has 0 aromatic heterocycles. The second kappa shape index (κ2) is 4.63. The van der Waals surface area contributed by atoms with Crippen molar-refractivity contribution in [2.75, 3.05) is 23.2 Å². The first-order valence-electron chi connectivity index (χ1n) is 5.24. The minimum atomic E-state index is -3.13. The van der Waals surface area contributed by atoms with Crippen LogP contribution in [0, 0.1) is 11.3 Å². The Hall–Kier alpha value is -1.74. The second-order valence-corrected chi connectivity index (χ2v) is 5.70. The van der Waals surface area contributed by atoms with Gasteiger partial charge < -0.3 is 4.74 Å². The zero-order valence-electron chi connectivity index (χ0n) is 9.17. The van der Waals surface area contributed by atoms with Crippen molar-refractivity contribution in [1.29, 1.82) is 5.26 Å². The van der Waals surface area contributed by atoms with Crippen LogP contribution in [0.25, 0.3) is 0 Å². The van der Waals surface area contributed by atoms with E-state index in [-0.39, 0.29) is 12.4 Å². The van der Waals surface area contributed by atoms with Gasteiger partial charge in [0, 0.05) is 6.54 Å². The molecule has 17 heavy (non-hydrogen) atoms. The average molecular weight is 252 g/mol. The van der Waals surface area contributed by atoms with E-state index in [1.165, 1.54) is 4.31 Å². The van der Waals surface area contributed by atoms with E-state index in [1.807, 2.05) is 6.07 Å². The van der Waals surface area contributed by atoms with Crippen LogP contribution in [0.2, 0.25) is 0 Å². The topological polar surface area (TPSA) is 70.4 Å². The Balaban J connectivity index is 2.16. The molecule has 5 nitrogen and oxygen atoms in total. The fourth-order valence-electron chi connectivity index (χ4n) is 1.75. The third-order valence-corrected chi connectivity index (χ3v) is 4.40. The number of benzene rings is 1. The molecule has 0 radical (unpaired) electrons. The van der Waals surface area contributed by atoms with Crippen LogP contribution in [0.1, 0.15) is 6.42 Å². The van der Waals surface area contributed by atoms with E-state index in [2.05, 4.69) is 0 Å². The number of rotatable bonds is 3. The van der Waals surface area contributed by atoms with E-state index in [4.69, 9.17) is 10.00 Å². The van der Waals surface area contributed by atoms with Gasteiger partial charge in [-0.15, -0.1) is 0 Å². The number of hydrogen-bond acceptors (Lipinski definition) is 4. The summed E-state index contributed by atoms with van der Waals surface area (Å²) in [5, 5.41) is 8.36. The molecule has 0 atom stereocenters. The highest BCUT2D eigenvalue weighted by Crippen LogP contribution is 2.25.